The van der Waals surface area contributed by atoms with Crippen LogP contribution in [0.15, 0.2) is 0 Å². The number of carbonyl (C=O) groups excluding carboxylic acids is 5. The molecule has 0 radical (unpaired) electrons. The van der Waals surface area contributed by atoms with E-state index in [1.807, 2.05) is 0 Å². The predicted octanol–water partition coefficient (Wildman–Crippen LogP) is 3.77. The minimum atomic E-state index is -3.62. The molecule has 0 fully saturated rings. The zero-order valence-corrected chi connectivity index (χ0v) is 28.2. The van der Waals surface area contributed by atoms with Crippen LogP contribution in [-0.2, 0) is 52.5 Å². The number of ether oxygens (including phenoxy) is 4. The molecule has 2 unspecified atom stereocenters. The van der Waals surface area contributed by atoms with E-state index in [2.05, 4.69) is 0 Å². The van der Waals surface area contributed by atoms with Crippen molar-refractivity contribution in [3.8, 4) is 0 Å². The summed E-state index contributed by atoms with van der Waals surface area (Å²) in [5.74, 6) is -10.6. The summed E-state index contributed by atoms with van der Waals surface area (Å²) in [6.45, 7) is 9.55. The van der Waals surface area contributed by atoms with Gasteiger partial charge in [0.25, 0.3) is 0 Å². The number of hydrogen-bond acceptors (Lipinski definition) is 12. The first kappa shape index (κ1) is 42.5. The molecule has 0 aromatic rings. The van der Waals surface area contributed by atoms with Gasteiger partial charge in [-0.25, -0.2) is 9.59 Å². The molecule has 14 heteroatoms. The molecule has 3 N–H and O–H groups in total. The lowest BCUT2D eigenvalue weighted by Gasteiger charge is -2.51. The molecule has 0 saturated heterocycles. The molecule has 0 bridgehead atoms. The monoisotopic (exact) mass is 660 g/mol. The third-order valence-corrected chi connectivity index (χ3v) is 8.20. The molecule has 14 nitrogen and oxygen atoms in total. The molecule has 0 amide bonds. The molecule has 0 saturated carbocycles. The van der Waals surface area contributed by atoms with Gasteiger partial charge in [0.15, 0.2) is 11.2 Å². The highest BCUT2D eigenvalue weighted by Gasteiger charge is 2.75. The molecular formula is C32H52O14. The second kappa shape index (κ2) is 19.2. The minimum Gasteiger partial charge on any atom is -0.481 e. The van der Waals surface area contributed by atoms with E-state index in [4.69, 9.17) is 18.9 Å². The maximum absolute atomic E-state index is 14.6. The number of Topliss-reactive ketones (excluding diaryl/α,β-unsaturated/α-hetero) is 1. The molecule has 0 aliphatic carbocycles. The van der Waals surface area contributed by atoms with E-state index in [0.717, 1.165) is 6.92 Å². The summed E-state index contributed by atoms with van der Waals surface area (Å²) in [5, 5.41) is 33.9. The number of aliphatic hydroxyl groups is 1. The maximum Gasteiger partial charge on any atom is 0.351 e. The molecule has 0 aliphatic heterocycles. The lowest BCUT2D eigenvalue weighted by Crippen LogP contribution is -2.72. The molecule has 0 aliphatic rings. The van der Waals surface area contributed by atoms with Crippen LogP contribution in [0.2, 0.25) is 0 Å². The van der Waals surface area contributed by atoms with E-state index < -0.39 is 95.7 Å². The number of hydrogen-bond donors (Lipinski definition) is 3. The van der Waals surface area contributed by atoms with Crippen LogP contribution in [-0.4, -0.2) is 87.9 Å². The Labute approximate surface area is 270 Å². The van der Waals surface area contributed by atoms with Gasteiger partial charge in [-0.3, -0.25) is 24.0 Å². The largest absolute Gasteiger partial charge is 0.481 e. The highest BCUT2D eigenvalue weighted by atomic mass is 16.6. The van der Waals surface area contributed by atoms with Crippen molar-refractivity contribution in [2.45, 2.75) is 130 Å². The second-order valence-electron chi connectivity index (χ2n) is 11.2. The van der Waals surface area contributed by atoms with Crippen LogP contribution in [0.1, 0.15) is 119 Å². The first-order valence-electron chi connectivity index (χ1n) is 16.0. The Hall–Kier alpha value is -3.55. The van der Waals surface area contributed by atoms with Gasteiger partial charge in [-0.05, 0) is 47.0 Å². The fourth-order valence-corrected chi connectivity index (χ4v) is 5.79. The second-order valence-corrected chi connectivity index (χ2v) is 11.2. The number of aliphatic carboxylic acids is 2. The fourth-order valence-electron chi connectivity index (χ4n) is 5.79. The van der Waals surface area contributed by atoms with Gasteiger partial charge in [0, 0.05) is 0 Å². The zero-order valence-electron chi connectivity index (χ0n) is 28.2. The quantitative estimate of drug-likeness (QED) is 0.0763. The van der Waals surface area contributed by atoms with Crippen LogP contribution >= 0.6 is 0 Å². The molecule has 0 aromatic carbocycles. The first-order chi connectivity index (χ1) is 21.5. The van der Waals surface area contributed by atoms with Crippen LogP contribution in [0.4, 0.5) is 0 Å². The summed E-state index contributed by atoms with van der Waals surface area (Å²) in [6, 6.07) is 0. The summed E-state index contributed by atoms with van der Waals surface area (Å²) in [5.41, 5.74) is -12.2. The van der Waals surface area contributed by atoms with Crippen molar-refractivity contribution >= 4 is 41.6 Å². The third-order valence-electron chi connectivity index (χ3n) is 8.20. The number of carboxylic acids is 2. The molecule has 264 valence electrons. The molecule has 0 heterocycles. The highest BCUT2D eigenvalue weighted by molar-refractivity contribution is 6.11. The van der Waals surface area contributed by atoms with Crippen LogP contribution < -0.4 is 0 Å². The number of ketones is 1. The SMILES string of the molecule is CCCCC(CCCC)(C(=O)O)C(O)(C(=O)O)C(CCCC)(C(C)=O)C(=O)OC(CC(=O)OCC)(CC(=O)OCC)C(=O)OCC. The van der Waals surface area contributed by atoms with Crippen LogP contribution in [0, 0.1) is 10.8 Å². The van der Waals surface area contributed by atoms with Gasteiger partial charge in [-0.2, -0.15) is 0 Å². The summed E-state index contributed by atoms with van der Waals surface area (Å²) in [4.78, 5) is 94.0. The summed E-state index contributed by atoms with van der Waals surface area (Å²) < 4.78 is 20.6. The molecule has 0 spiro atoms. The molecule has 0 rings (SSSR count). The zero-order chi connectivity index (χ0) is 35.8. The minimum absolute atomic E-state index is 0.0658. The van der Waals surface area contributed by atoms with Crippen LogP contribution in [0.5, 0.6) is 0 Å². The van der Waals surface area contributed by atoms with Gasteiger partial charge in [-0.1, -0.05) is 59.3 Å². The molecule has 2 atom stereocenters. The number of esters is 4. The van der Waals surface area contributed by atoms with Gasteiger partial charge in [0.2, 0.25) is 11.2 Å². The summed E-state index contributed by atoms with van der Waals surface area (Å²) >= 11 is 0. The Balaban J connectivity index is 8.11. The van der Waals surface area contributed by atoms with Crippen molar-refractivity contribution in [1.82, 2.24) is 0 Å². The Bertz CT molecular complexity index is 1050. The smallest absolute Gasteiger partial charge is 0.351 e. The van der Waals surface area contributed by atoms with Crippen molar-refractivity contribution in [2.75, 3.05) is 19.8 Å². The van der Waals surface area contributed by atoms with Crippen molar-refractivity contribution in [1.29, 1.82) is 0 Å². The Kier molecular flexibility index (Phi) is 17.7. The van der Waals surface area contributed by atoms with Crippen LogP contribution in [0.3, 0.4) is 0 Å². The number of carbonyl (C=O) groups is 7. The maximum atomic E-state index is 14.6. The predicted molar refractivity (Wildman–Crippen MR) is 162 cm³/mol. The topological polar surface area (TPSA) is 217 Å². The molecular weight excluding hydrogens is 608 g/mol. The van der Waals surface area contributed by atoms with Crippen molar-refractivity contribution < 1.29 is 67.8 Å². The summed E-state index contributed by atoms with van der Waals surface area (Å²) in [7, 11) is 0. The van der Waals surface area contributed by atoms with Crippen molar-refractivity contribution in [2.24, 2.45) is 10.8 Å². The normalized spacial score (nSPS) is 14.3. The van der Waals surface area contributed by atoms with Gasteiger partial charge in [0.05, 0.1) is 32.7 Å². The Morgan fingerprint density at radius 3 is 1.33 bits per heavy atom. The van der Waals surface area contributed by atoms with E-state index in [1.165, 1.54) is 20.8 Å². The Morgan fingerprint density at radius 1 is 0.587 bits per heavy atom. The average Bonchev–Trinajstić information content (AvgIpc) is 2.97. The lowest BCUT2D eigenvalue weighted by atomic mass is 9.52. The summed E-state index contributed by atoms with van der Waals surface area (Å²) in [6.07, 6.45) is -2.58. The molecule has 0 aromatic heterocycles. The van der Waals surface area contributed by atoms with Gasteiger partial charge < -0.3 is 34.3 Å². The number of rotatable bonds is 24. The van der Waals surface area contributed by atoms with E-state index in [1.54, 1.807) is 20.8 Å². The van der Waals surface area contributed by atoms with Gasteiger partial charge in [-0.15, -0.1) is 0 Å². The first-order valence-corrected chi connectivity index (χ1v) is 16.0. The Morgan fingerprint density at radius 2 is 1.00 bits per heavy atom. The van der Waals surface area contributed by atoms with Gasteiger partial charge >= 0.3 is 35.8 Å². The third kappa shape index (κ3) is 9.04. The average molecular weight is 661 g/mol. The van der Waals surface area contributed by atoms with E-state index in [9.17, 15) is 48.9 Å². The standard InChI is InChI=1S/C32H52O14/c1-8-14-17-29(25(36)37,18-15-9-2)32(42,26(38)39)31(22(7)33,19-16-10-3)28(41)46-30(27(40)45-13-6,20-23(34)43-11-4)21-24(35)44-12-5/h42H,8-21H2,1-7H3,(H,36,37)(H,38,39). The number of unbranched alkanes of at least 4 members (excludes halogenated alkanes) is 3. The van der Waals surface area contributed by atoms with Crippen molar-refractivity contribution in [3.05, 3.63) is 0 Å². The van der Waals surface area contributed by atoms with E-state index in [0.29, 0.717) is 12.8 Å². The van der Waals surface area contributed by atoms with E-state index in [-0.39, 0.29) is 45.5 Å². The van der Waals surface area contributed by atoms with E-state index >= 15 is 0 Å². The van der Waals surface area contributed by atoms with Gasteiger partial charge in [0.1, 0.15) is 5.41 Å². The number of carboxylic acid groups (broad SMARTS) is 2. The van der Waals surface area contributed by atoms with Crippen LogP contribution in [0.25, 0.3) is 0 Å². The lowest BCUT2D eigenvalue weighted by molar-refractivity contribution is -0.232. The fraction of sp³-hybridized carbons (Fsp3) is 0.781. The molecule has 46 heavy (non-hydrogen) atoms. The highest BCUT2D eigenvalue weighted by Crippen LogP contribution is 2.55. The van der Waals surface area contributed by atoms with Crippen molar-refractivity contribution in [3.63, 3.8) is 0 Å².